The number of thioether (sulfide) groups is 1. The number of anilines is 1. The number of nitrogens with one attached hydrogen (secondary N) is 1. The molecular weight excluding hydrogens is 334 g/mol. The van der Waals surface area contributed by atoms with Gasteiger partial charge in [-0.1, -0.05) is 29.8 Å². The van der Waals surface area contributed by atoms with Gasteiger partial charge in [0.2, 0.25) is 0 Å². The van der Waals surface area contributed by atoms with Crippen LogP contribution in [0.5, 0.6) is 0 Å². The summed E-state index contributed by atoms with van der Waals surface area (Å²) in [6.07, 6.45) is 0. The summed E-state index contributed by atoms with van der Waals surface area (Å²) in [6, 6.07) is 16.2. The normalized spacial score (nSPS) is 11.6. The number of carbonyl (C=O) groups is 2. The van der Waals surface area contributed by atoms with E-state index >= 15 is 0 Å². The van der Waals surface area contributed by atoms with Crippen LogP contribution in [-0.2, 0) is 14.3 Å². The molecule has 2 aromatic rings. The van der Waals surface area contributed by atoms with Crippen LogP contribution in [0.3, 0.4) is 0 Å². The maximum Gasteiger partial charge on any atom is 0.319 e. The maximum atomic E-state index is 11.9. The fourth-order valence-electron chi connectivity index (χ4n) is 1.74. The lowest BCUT2D eigenvalue weighted by atomic mass is 10.3. The van der Waals surface area contributed by atoms with Gasteiger partial charge in [-0.15, -0.1) is 11.8 Å². The number of benzene rings is 2. The molecule has 0 saturated heterocycles. The molecule has 1 amide bonds. The van der Waals surface area contributed by atoms with Gasteiger partial charge < -0.3 is 10.1 Å². The molecule has 1 N–H and O–H groups in total. The van der Waals surface area contributed by atoms with E-state index < -0.39 is 11.9 Å². The predicted octanol–water partition coefficient (Wildman–Crippen LogP) is 4.00. The molecular formula is C17H16ClNO3S. The standard InChI is InChI=1S/C17H16ClNO3S/c1-12(23-15-5-3-2-4-6-15)17(21)22-11-16(20)19-14-9-7-13(18)8-10-14/h2-10,12H,11H2,1H3,(H,19,20)/t12-/m0/s1. The topological polar surface area (TPSA) is 55.4 Å². The first-order chi connectivity index (χ1) is 11.0. The van der Waals surface area contributed by atoms with Gasteiger partial charge in [0.1, 0.15) is 5.25 Å². The first-order valence-corrected chi connectivity index (χ1v) is 8.24. The largest absolute Gasteiger partial charge is 0.455 e. The van der Waals surface area contributed by atoms with E-state index in [1.54, 1.807) is 31.2 Å². The number of rotatable bonds is 6. The van der Waals surface area contributed by atoms with Gasteiger partial charge in [-0.25, -0.2) is 0 Å². The lowest BCUT2D eigenvalue weighted by Crippen LogP contribution is -2.24. The van der Waals surface area contributed by atoms with E-state index in [2.05, 4.69) is 5.32 Å². The van der Waals surface area contributed by atoms with Gasteiger partial charge in [0.25, 0.3) is 5.91 Å². The van der Waals surface area contributed by atoms with E-state index in [-0.39, 0.29) is 11.9 Å². The number of ether oxygens (including phenoxy) is 1. The van der Waals surface area contributed by atoms with E-state index in [4.69, 9.17) is 16.3 Å². The highest BCUT2D eigenvalue weighted by Crippen LogP contribution is 2.23. The zero-order chi connectivity index (χ0) is 16.7. The summed E-state index contributed by atoms with van der Waals surface area (Å²) in [5.41, 5.74) is 0.599. The van der Waals surface area contributed by atoms with Gasteiger partial charge >= 0.3 is 5.97 Å². The third-order valence-corrected chi connectivity index (χ3v) is 4.20. The Bertz CT molecular complexity index is 661. The summed E-state index contributed by atoms with van der Waals surface area (Å²) in [6.45, 7) is 1.43. The molecule has 0 aliphatic carbocycles. The number of carbonyl (C=O) groups excluding carboxylic acids is 2. The SMILES string of the molecule is C[C@H](Sc1ccccc1)C(=O)OCC(=O)Nc1ccc(Cl)cc1. The van der Waals surface area contributed by atoms with E-state index in [9.17, 15) is 9.59 Å². The third kappa shape index (κ3) is 5.96. The number of hydrogen-bond acceptors (Lipinski definition) is 4. The van der Waals surface area contributed by atoms with Crippen molar-refractivity contribution in [3.63, 3.8) is 0 Å². The minimum atomic E-state index is -0.426. The molecule has 0 bridgehead atoms. The lowest BCUT2D eigenvalue weighted by Gasteiger charge is -2.11. The second kappa shape index (κ2) is 8.60. The molecule has 0 aliphatic heterocycles. The molecule has 0 fully saturated rings. The minimum Gasteiger partial charge on any atom is -0.455 e. The van der Waals surface area contributed by atoms with Crippen molar-refractivity contribution in [3.05, 3.63) is 59.6 Å². The van der Waals surface area contributed by atoms with Crippen molar-refractivity contribution in [2.75, 3.05) is 11.9 Å². The Hall–Kier alpha value is -1.98. The zero-order valence-corrected chi connectivity index (χ0v) is 14.1. The molecule has 0 saturated carbocycles. The average molecular weight is 350 g/mol. The molecule has 6 heteroatoms. The molecule has 1 atom stereocenters. The Morgan fingerprint density at radius 3 is 2.43 bits per heavy atom. The second-order valence-electron chi connectivity index (χ2n) is 4.74. The van der Waals surface area contributed by atoms with Crippen molar-refractivity contribution in [2.24, 2.45) is 0 Å². The monoisotopic (exact) mass is 349 g/mol. The van der Waals surface area contributed by atoms with Gasteiger partial charge in [-0.05, 0) is 43.3 Å². The fraction of sp³-hybridized carbons (Fsp3) is 0.176. The molecule has 23 heavy (non-hydrogen) atoms. The summed E-state index contributed by atoms with van der Waals surface area (Å²) < 4.78 is 5.04. The van der Waals surface area contributed by atoms with Crippen molar-refractivity contribution in [1.82, 2.24) is 0 Å². The highest BCUT2D eigenvalue weighted by Gasteiger charge is 2.17. The summed E-state index contributed by atoms with van der Waals surface area (Å²) in [4.78, 5) is 24.6. The van der Waals surface area contributed by atoms with E-state index in [1.807, 2.05) is 30.3 Å². The second-order valence-corrected chi connectivity index (χ2v) is 6.59. The molecule has 120 valence electrons. The Morgan fingerprint density at radius 1 is 1.13 bits per heavy atom. The Morgan fingerprint density at radius 2 is 1.78 bits per heavy atom. The summed E-state index contributed by atoms with van der Waals surface area (Å²) in [7, 11) is 0. The highest BCUT2D eigenvalue weighted by atomic mass is 35.5. The average Bonchev–Trinajstić information content (AvgIpc) is 2.55. The van der Waals surface area contributed by atoms with E-state index in [0.717, 1.165) is 4.90 Å². The van der Waals surface area contributed by atoms with Crippen molar-refractivity contribution < 1.29 is 14.3 Å². The van der Waals surface area contributed by atoms with Gasteiger partial charge in [0, 0.05) is 15.6 Å². The van der Waals surface area contributed by atoms with Crippen LogP contribution in [0.15, 0.2) is 59.5 Å². The first-order valence-electron chi connectivity index (χ1n) is 6.98. The van der Waals surface area contributed by atoms with Crippen LogP contribution in [0.1, 0.15) is 6.92 Å². The van der Waals surface area contributed by atoms with Crippen LogP contribution in [0.25, 0.3) is 0 Å². The molecule has 0 aliphatic rings. The van der Waals surface area contributed by atoms with E-state index in [0.29, 0.717) is 10.7 Å². The Kier molecular flexibility index (Phi) is 6.50. The van der Waals surface area contributed by atoms with Crippen LogP contribution in [0.2, 0.25) is 5.02 Å². The van der Waals surface area contributed by atoms with Gasteiger partial charge in [0.15, 0.2) is 6.61 Å². The summed E-state index contributed by atoms with van der Waals surface area (Å²) in [5, 5.41) is 2.83. The molecule has 0 spiro atoms. The number of esters is 1. The Balaban J connectivity index is 1.76. The smallest absolute Gasteiger partial charge is 0.319 e. The molecule has 2 aromatic carbocycles. The molecule has 0 aromatic heterocycles. The van der Waals surface area contributed by atoms with Gasteiger partial charge in [-0.2, -0.15) is 0 Å². The molecule has 0 unspecified atom stereocenters. The van der Waals surface area contributed by atoms with E-state index in [1.165, 1.54) is 11.8 Å². The van der Waals surface area contributed by atoms with Crippen molar-refractivity contribution in [1.29, 1.82) is 0 Å². The zero-order valence-electron chi connectivity index (χ0n) is 12.5. The van der Waals surface area contributed by atoms with Crippen LogP contribution in [-0.4, -0.2) is 23.7 Å². The maximum absolute atomic E-state index is 11.9. The molecule has 2 rings (SSSR count). The third-order valence-electron chi connectivity index (χ3n) is 2.86. The summed E-state index contributed by atoms with van der Waals surface area (Å²) >= 11 is 7.16. The molecule has 0 radical (unpaired) electrons. The highest BCUT2D eigenvalue weighted by molar-refractivity contribution is 8.00. The predicted molar refractivity (Wildman–Crippen MR) is 92.8 cm³/mol. The van der Waals surface area contributed by atoms with Gasteiger partial charge in [0.05, 0.1) is 0 Å². The van der Waals surface area contributed by atoms with Crippen LogP contribution in [0, 0.1) is 0 Å². The minimum absolute atomic E-state index is 0.318. The fourth-order valence-corrected chi connectivity index (χ4v) is 2.75. The first kappa shape index (κ1) is 17.4. The van der Waals surface area contributed by atoms with Crippen LogP contribution in [0.4, 0.5) is 5.69 Å². The quantitative estimate of drug-likeness (QED) is 0.632. The Labute approximate surface area is 144 Å². The molecule has 0 heterocycles. The van der Waals surface area contributed by atoms with Gasteiger partial charge in [-0.3, -0.25) is 9.59 Å². The van der Waals surface area contributed by atoms with Crippen LogP contribution < -0.4 is 5.32 Å². The number of amides is 1. The van der Waals surface area contributed by atoms with Crippen LogP contribution >= 0.6 is 23.4 Å². The van der Waals surface area contributed by atoms with Crippen molar-refractivity contribution in [3.8, 4) is 0 Å². The van der Waals surface area contributed by atoms with Crippen molar-refractivity contribution in [2.45, 2.75) is 17.1 Å². The molecule has 4 nitrogen and oxygen atoms in total. The summed E-state index contributed by atoms with van der Waals surface area (Å²) in [5.74, 6) is -0.817. The lowest BCUT2D eigenvalue weighted by molar-refractivity contribution is -0.146. The van der Waals surface area contributed by atoms with Crippen molar-refractivity contribution >= 4 is 40.9 Å². The number of halogens is 1. The number of hydrogen-bond donors (Lipinski definition) is 1.